The molecule has 1 aliphatic carbocycles. The molecule has 0 unspecified atom stereocenters. The SMILES string of the molecule is CC(=O)c1ccc(NC(=O)c2cnc(NCCC3=CCCCC3)nc2)cc1. The second kappa shape index (κ2) is 9.07. The van der Waals surface area contributed by atoms with Gasteiger partial charge in [0.15, 0.2) is 5.78 Å². The summed E-state index contributed by atoms with van der Waals surface area (Å²) in [7, 11) is 0. The number of rotatable bonds is 7. The van der Waals surface area contributed by atoms with Crippen LogP contribution in [0.25, 0.3) is 0 Å². The lowest BCUT2D eigenvalue weighted by Crippen LogP contribution is -2.14. The molecule has 3 rings (SSSR count). The lowest BCUT2D eigenvalue weighted by Gasteiger charge is -2.12. The Kier molecular flexibility index (Phi) is 6.30. The molecule has 0 saturated heterocycles. The van der Waals surface area contributed by atoms with Gasteiger partial charge in [0.05, 0.1) is 5.56 Å². The molecule has 0 radical (unpaired) electrons. The number of amides is 1. The lowest BCUT2D eigenvalue weighted by molar-refractivity contribution is 0.101. The Morgan fingerprint density at radius 2 is 1.78 bits per heavy atom. The smallest absolute Gasteiger partial charge is 0.258 e. The number of benzene rings is 1. The minimum atomic E-state index is -0.288. The van der Waals surface area contributed by atoms with Crippen LogP contribution in [0.3, 0.4) is 0 Å². The first-order valence-electron chi connectivity index (χ1n) is 9.28. The van der Waals surface area contributed by atoms with Crippen molar-refractivity contribution in [3.8, 4) is 0 Å². The molecule has 6 nitrogen and oxygen atoms in total. The molecular weight excluding hydrogens is 340 g/mol. The molecule has 1 aromatic heterocycles. The van der Waals surface area contributed by atoms with Gasteiger partial charge in [-0.3, -0.25) is 9.59 Å². The molecule has 6 heteroatoms. The first kappa shape index (κ1) is 18.8. The van der Waals surface area contributed by atoms with Crippen LogP contribution in [0.15, 0.2) is 48.3 Å². The summed E-state index contributed by atoms with van der Waals surface area (Å²) in [6.45, 7) is 2.30. The minimum absolute atomic E-state index is 0.0101. The van der Waals surface area contributed by atoms with Crippen molar-refractivity contribution < 1.29 is 9.59 Å². The van der Waals surface area contributed by atoms with Gasteiger partial charge in [0.25, 0.3) is 5.91 Å². The Balaban J connectivity index is 1.50. The molecule has 0 aliphatic heterocycles. The quantitative estimate of drug-likeness (QED) is 0.567. The van der Waals surface area contributed by atoms with Crippen molar-refractivity contribution in [1.82, 2.24) is 9.97 Å². The van der Waals surface area contributed by atoms with E-state index in [2.05, 4.69) is 26.7 Å². The van der Waals surface area contributed by atoms with Gasteiger partial charge in [-0.25, -0.2) is 9.97 Å². The van der Waals surface area contributed by atoms with Crippen LogP contribution in [-0.2, 0) is 0 Å². The summed E-state index contributed by atoms with van der Waals surface area (Å²) in [5.41, 5.74) is 3.11. The van der Waals surface area contributed by atoms with Crippen LogP contribution in [0.4, 0.5) is 11.6 Å². The van der Waals surface area contributed by atoms with Gasteiger partial charge in [-0.2, -0.15) is 0 Å². The summed E-state index contributed by atoms with van der Waals surface area (Å²) in [5, 5.41) is 5.97. The Bertz CT molecular complexity index is 826. The molecule has 0 atom stereocenters. The summed E-state index contributed by atoms with van der Waals surface area (Å²) in [6, 6.07) is 6.77. The number of aromatic nitrogens is 2. The van der Waals surface area contributed by atoms with Crippen molar-refractivity contribution in [3.05, 3.63) is 59.4 Å². The predicted molar refractivity (Wildman–Crippen MR) is 106 cm³/mol. The van der Waals surface area contributed by atoms with Gasteiger partial charge in [0.2, 0.25) is 5.95 Å². The van der Waals surface area contributed by atoms with Crippen molar-refractivity contribution in [3.63, 3.8) is 0 Å². The fraction of sp³-hybridized carbons (Fsp3) is 0.333. The highest BCUT2D eigenvalue weighted by atomic mass is 16.1. The molecule has 0 fully saturated rings. The first-order chi connectivity index (χ1) is 13.1. The van der Waals surface area contributed by atoms with E-state index < -0.39 is 0 Å². The van der Waals surface area contributed by atoms with E-state index in [4.69, 9.17) is 0 Å². The molecule has 140 valence electrons. The molecule has 2 N–H and O–H groups in total. The van der Waals surface area contributed by atoms with Crippen LogP contribution in [0.2, 0.25) is 0 Å². The van der Waals surface area contributed by atoms with Gasteiger partial charge in [-0.1, -0.05) is 11.6 Å². The Labute approximate surface area is 159 Å². The van der Waals surface area contributed by atoms with Gasteiger partial charge in [-0.05, 0) is 63.3 Å². The summed E-state index contributed by atoms with van der Waals surface area (Å²) in [5.74, 6) is 0.224. The van der Waals surface area contributed by atoms with Crippen LogP contribution < -0.4 is 10.6 Å². The van der Waals surface area contributed by atoms with Crippen molar-refractivity contribution in [2.24, 2.45) is 0 Å². The van der Waals surface area contributed by atoms with E-state index in [-0.39, 0.29) is 11.7 Å². The van der Waals surface area contributed by atoms with Crippen LogP contribution in [0, 0.1) is 0 Å². The number of carbonyl (C=O) groups is 2. The number of nitrogens with zero attached hydrogens (tertiary/aromatic N) is 2. The van der Waals surface area contributed by atoms with Crippen LogP contribution in [0.5, 0.6) is 0 Å². The highest BCUT2D eigenvalue weighted by Gasteiger charge is 2.09. The molecule has 1 aromatic carbocycles. The highest BCUT2D eigenvalue weighted by Crippen LogP contribution is 2.19. The fourth-order valence-electron chi connectivity index (χ4n) is 2.99. The first-order valence-corrected chi connectivity index (χ1v) is 9.28. The van der Waals surface area contributed by atoms with E-state index in [1.54, 1.807) is 24.3 Å². The highest BCUT2D eigenvalue weighted by molar-refractivity contribution is 6.04. The summed E-state index contributed by atoms with van der Waals surface area (Å²) in [4.78, 5) is 32.0. The van der Waals surface area contributed by atoms with Crippen molar-refractivity contribution in [2.45, 2.75) is 39.0 Å². The topological polar surface area (TPSA) is 84.0 Å². The molecular formula is C21H24N4O2. The third-order valence-electron chi connectivity index (χ3n) is 4.58. The van der Waals surface area contributed by atoms with Gasteiger partial charge in [-0.15, -0.1) is 0 Å². The van der Waals surface area contributed by atoms with E-state index in [0.29, 0.717) is 22.8 Å². The number of hydrogen-bond acceptors (Lipinski definition) is 5. The Morgan fingerprint density at radius 3 is 2.41 bits per heavy atom. The van der Waals surface area contributed by atoms with Crippen LogP contribution >= 0.6 is 0 Å². The molecule has 1 amide bonds. The largest absolute Gasteiger partial charge is 0.354 e. The summed E-state index contributed by atoms with van der Waals surface area (Å²) >= 11 is 0. The Morgan fingerprint density at radius 1 is 1.04 bits per heavy atom. The second-order valence-corrected chi connectivity index (χ2v) is 6.67. The van der Waals surface area contributed by atoms with Crippen molar-refractivity contribution in [1.29, 1.82) is 0 Å². The standard InChI is InChI=1S/C21H24N4O2/c1-15(26)17-7-9-19(10-8-17)25-20(27)18-13-23-21(24-14-18)22-12-11-16-5-3-2-4-6-16/h5,7-10,13-14H,2-4,6,11-12H2,1H3,(H,25,27)(H,22,23,24). The second-order valence-electron chi connectivity index (χ2n) is 6.67. The van der Waals surface area contributed by atoms with E-state index in [0.717, 1.165) is 13.0 Å². The van der Waals surface area contributed by atoms with Crippen molar-refractivity contribution >= 4 is 23.3 Å². The van der Waals surface area contributed by atoms with E-state index in [1.165, 1.54) is 50.6 Å². The average Bonchev–Trinajstić information content (AvgIpc) is 2.70. The Hall–Kier alpha value is -3.02. The maximum atomic E-state index is 12.3. The predicted octanol–water partition coefficient (Wildman–Crippen LogP) is 4.23. The van der Waals surface area contributed by atoms with Crippen LogP contribution in [0.1, 0.15) is 59.7 Å². The molecule has 0 saturated carbocycles. The minimum Gasteiger partial charge on any atom is -0.354 e. The molecule has 1 heterocycles. The van der Waals surface area contributed by atoms with Crippen LogP contribution in [-0.4, -0.2) is 28.2 Å². The third kappa shape index (κ3) is 5.48. The number of hydrogen-bond donors (Lipinski definition) is 2. The van der Waals surface area contributed by atoms with E-state index in [9.17, 15) is 9.59 Å². The number of carbonyl (C=O) groups excluding carboxylic acids is 2. The number of allylic oxidation sites excluding steroid dienone is 1. The van der Waals surface area contributed by atoms with Gasteiger partial charge < -0.3 is 10.6 Å². The molecule has 2 aromatic rings. The third-order valence-corrected chi connectivity index (χ3v) is 4.58. The number of nitrogens with one attached hydrogen (secondary N) is 2. The monoisotopic (exact) mass is 364 g/mol. The summed E-state index contributed by atoms with van der Waals surface area (Å²) in [6.07, 6.45) is 11.3. The van der Waals surface area contributed by atoms with Gasteiger partial charge in [0, 0.05) is 30.2 Å². The molecule has 27 heavy (non-hydrogen) atoms. The zero-order valence-electron chi connectivity index (χ0n) is 15.5. The average molecular weight is 364 g/mol. The number of Topliss-reactive ketones (excluding diaryl/α,β-unsaturated/α-hetero) is 1. The summed E-state index contributed by atoms with van der Waals surface area (Å²) < 4.78 is 0. The fourth-order valence-corrected chi connectivity index (χ4v) is 2.99. The number of ketones is 1. The molecule has 0 bridgehead atoms. The zero-order valence-corrected chi connectivity index (χ0v) is 15.5. The van der Waals surface area contributed by atoms with E-state index in [1.807, 2.05) is 0 Å². The maximum Gasteiger partial charge on any atom is 0.258 e. The molecule has 0 spiro atoms. The van der Waals surface area contributed by atoms with Gasteiger partial charge >= 0.3 is 0 Å². The van der Waals surface area contributed by atoms with Crippen molar-refractivity contribution in [2.75, 3.05) is 17.2 Å². The normalized spacial score (nSPS) is 13.6. The lowest BCUT2D eigenvalue weighted by atomic mass is 9.97. The maximum absolute atomic E-state index is 12.3. The zero-order chi connectivity index (χ0) is 19.1. The van der Waals surface area contributed by atoms with E-state index >= 15 is 0 Å². The molecule has 1 aliphatic rings. The van der Waals surface area contributed by atoms with Gasteiger partial charge in [0.1, 0.15) is 0 Å². The number of anilines is 2.